The maximum absolute atomic E-state index is 11.7. The molecule has 0 aromatic rings. The van der Waals surface area contributed by atoms with Crippen molar-refractivity contribution in [1.82, 2.24) is 15.8 Å². The van der Waals surface area contributed by atoms with E-state index in [-0.39, 0.29) is 12.5 Å². The molecule has 2 amide bonds. The second-order valence-electron chi connectivity index (χ2n) is 5.34. The van der Waals surface area contributed by atoms with Crippen LogP contribution in [-0.4, -0.2) is 55.0 Å². The zero-order chi connectivity index (χ0) is 15.5. The minimum atomic E-state index is -0.755. The molecule has 1 saturated heterocycles. The second-order valence-corrected chi connectivity index (χ2v) is 5.34. The lowest BCUT2D eigenvalue weighted by Gasteiger charge is -2.27. The molecule has 21 heavy (non-hydrogen) atoms. The molecule has 0 saturated carbocycles. The molecule has 7 nitrogen and oxygen atoms in total. The number of nitrogens with zero attached hydrogens (tertiary/aromatic N) is 1. The largest absolute Gasteiger partial charge is 0.481 e. The molecule has 1 aliphatic heterocycles. The first-order chi connectivity index (χ1) is 10.1. The van der Waals surface area contributed by atoms with Crippen LogP contribution in [0.5, 0.6) is 0 Å². The number of rotatable bonds is 9. The number of hydrazine groups is 1. The number of ether oxygens (including phenoxy) is 1. The predicted octanol–water partition coefficient (Wildman–Crippen LogP) is 1.20. The van der Waals surface area contributed by atoms with E-state index >= 15 is 0 Å². The highest BCUT2D eigenvalue weighted by molar-refractivity contribution is 5.73. The molecule has 0 spiro atoms. The van der Waals surface area contributed by atoms with Crippen LogP contribution in [0.15, 0.2) is 0 Å². The van der Waals surface area contributed by atoms with Crippen LogP contribution in [0.2, 0.25) is 0 Å². The van der Waals surface area contributed by atoms with Gasteiger partial charge in [0.2, 0.25) is 0 Å². The Balaban J connectivity index is 2.16. The quantitative estimate of drug-likeness (QED) is 0.595. The van der Waals surface area contributed by atoms with Crippen molar-refractivity contribution in [3.63, 3.8) is 0 Å². The van der Waals surface area contributed by atoms with Crippen LogP contribution in [0.25, 0.3) is 0 Å². The summed E-state index contributed by atoms with van der Waals surface area (Å²) in [5, 5.41) is 13.4. The summed E-state index contributed by atoms with van der Waals surface area (Å²) < 4.78 is 5.21. The van der Waals surface area contributed by atoms with Crippen LogP contribution in [0, 0.1) is 5.92 Å². The minimum Gasteiger partial charge on any atom is -0.481 e. The Kier molecular flexibility index (Phi) is 8.77. The highest BCUT2D eigenvalue weighted by atomic mass is 16.5. The first-order valence-electron chi connectivity index (χ1n) is 7.70. The maximum Gasteiger partial charge on any atom is 0.329 e. The molecule has 0 aromatic carbocycles. The first-order valence-corrected chi connectivity index (χ1v) is 7.70. The van der Waals surface area contributed by atoms with Crippen molar-refractivity contribution in [1.29, 1.82) is 0 Å². The molecule has 1 atom stereocenters. The average molecular weight is 301 g/mol. The summed E-state index contributed by atoms with van der Waals surface area (Å²) in [6.45, 7) is 5.32. The number of carboxylic acid groups (broad SMARTS) is 1. The molecule has 0 bridgehead atoms. The smallest absolute Gasteiger partial charge is 0.329 e. The minimum absolute atomic E-state index is 0.199. The molecule has 1 fully saturated rings. The Labute approximate surface area is 126 Å². The molecule has 0 aromatic heterocycles. The van der Waals surface area contributed by atoms with Crippen LogP contribution in [0.1, 0.15) is 39.0 Å². The van der Waals surface area contributed by atoms with Gasteiger partial charge >= 0.3 is 12.0 Å². The van der Waals surface area contributed by atoms with Gasteiger partial charge in [0.15, 0.2) is 0 Å². The van der Waals surface area contributed by atoms with Gasteiger partial charge in [-0.05, 0) is 18.8 Å². The van der Waals surface area contributed by atoms with E-state index in [1.54, 1.807) is 0 Å². The highest BCUT2D eigenvalue weighted by Gasteiger charge is 2.14. The lowest BCUT2D eigenvalue weighted by Crippen LogP contribution is -2.51. The summed E-state index contributed by atoms with van der Waals surface area (Å²) in [6, 6.07) is -0.203. The van der Waals surface area contributed by atoms with Gasteiger partial charge in [0.25, 0.3) is 0 Å². The first kappa shape index (κ1) is 17.7. The van der Waals surface area contributed by atoms with E-state index in [4.69, 9.17) is 9.84 Å². The third kappa shape index (κ3) is 8.52. The number of urea groups is 1. The van der Waals surface area contributed by atoms with E-state index in [9.17, 15) is 9.59 Å². The zero-order valence-electron chi connectivity index (χ0n) is 12.8. The van der Waals surface area contributed by atoms with E-state index < -0.39 is 5.97 Å². The predicted molar refractivity (Wildman–Crippen MR) is 78.8 cm³/mol. The van der Waals surface area contributed by atoms with E-state index in [1.165, 1.54) is 0 Å². The van der Waals surface area contributed by atoms with Gasteiger partial charge in [0.1, 0.15) is 0 Å². The summed E-state index contributed by atoms with van der Waals surface area (Å²) in [6.07, 6.45) is 3.72. The van der Waals surface area contributed by atoms with Crippen molar-refractivity contribution in [3.05, 3.63) is 0 Å². The van der Waals surface area contributed by atoms with E-state index in [1.807, 2.05) is 5.01 Å². The number of carbonyl (C=O) groups is 2. The van der Waals surface area contributed by atoms with Gasteiger partial charge in [-0.15, -0.1) is 0 Å². The molecule has 1 rings (SSSR count). The van der Waals surface area contributed by atoms with E-state index in [0.717, 1.165) is 19.3 Å². The molecule has 1 aliphatic rings. The molecule has 1 unspecified atom stereocenters. The topological polar surface area (TPSA) is 90.9 Å². The van der Waals surface area contributed by atoms with Crippen molar-refractivity contribution in [2.75, 3.05) is 32.8 Å². The molecular weight excluding hydrogens is 274 g/mol. The van der Waals surface area contributed by atoms with Gasteiger partial charge in [0, 0.05) is 26.1 Å². The maximum atomic E-state index is 11.7. The molecule has 7 heteroatoms. The standard InChI is InChI=1S/C14H27N3O4/c1-2-3-12(4-5-13(18)19)6-7-15-14(20)16-17-8-10-21-11-9-17/h12H,2-11H2,1H3,(H,18,19)(H2,15,16,20). The van der Waals surface area contributed by atoms with Crippen LogP contribution >= 0.6 is 0 Å². The Morgan fingerprint density at radius 2 is 1.95 bits per heavy atom. The summed E-state index contributed by atoms with van der Waals surface area (Å²) in [7, 11) is 0. The Bertz CT molecular complexity index is 319. The normalized spacial score (nSPS) is 17.2. The fraction of sp³-hybridized carbons (Fsp3) is 0.857. The van der Waals surface area contributed by atoms with Gasteiger partial charge < -0.3 is 15.2 Å². The summed E-state index contributed by atoms with van der Waals surface area (Å²) in [4.78, 5) is 22.3. The van der Waals surface area contributed by atoms with Crippen molar-refractivity contribution < 1.29 is 19.4 Å². The van der Waals surface area contributed by atoms with Gasteiger partial charge in [-0.25, -0.2) is 9.80 Å². The van der Waals surface area contributed by atoms with Crippen molar-refractivity contribution in [3.8, 4) is 0 Å². The lowest BCUT2D eigenvalue weighted by molar-refractivity contribution is -0.137. The number of hydrogen-bond donors (Lipinski definition) is 3. The van der Waals surface area contributed by atoms with Crippen molar-refractivity contribution in [2.24, 2.45) is 5.92 Å². The molecule has 0 aliphatic carbocycles. The Morgan fingerprint density at radius 3 is 2.57 bits per heavy atom. The third-order valence-electron chi connectivity index (χ3n) is 3.57. The second kappa shape index (κ2) is 10.4. The summed E-state index contributed by atoms with van der Waals surface area (Å²) in [5.41, 5.74) is 2.78. The molecule has 0 radical (unpaired) electrons. The SMILES string of the molecule is CCCC(CCNC(=O)NN1CCOCC1)CCC(=O)O. The van der Waals surface area contributed by atoms with E-state index in [0.29, 0.717) is 45.2 Å². The summed E-state index contributed by atoms with van der Waals surface area (Å²) in [5.74, 6) is -0.399. The fourth-order valence-electron chi connectivity index (χ4n) is 2.42. The third-order valence-corrected chi connectivity index (χ3v) is 3.57. The van der Waals surface area contributed by atoms with Crippen molar-refractivity contribution >= 4 is 12.0 Å². The van der Waals surface area contributed by atoms with Gasteiger partial charge in [-0.2, -0.15) is 0 Å². The van der Waals surface area contributed by atoms with Crippen LogP contribution < -0.4 is 10.7 Å². The zero-order valence-corrected chi connectivity index (χ0v) is 12.8. The van der Waals surface area contributed by atoms with Crippen LogP contribution in [0.3, 0.4) is 0 Å². The van der Waals surface area contributed by atoms with Crippen molar-refractivity contribution in [2.45, 2.75) is 39.0 Å². The lowest BCUT2D eigenvalue weighted by atomic mass is 9.94. The number of carbonyl (C=O) groups excluding carboxylic acids is 1. The number of nitrogens with one attached hydrogen (secondary N) is 2. The number of hydrogen-bond acceptors (Lipinski definition) is 4. The van der Waals surface area contributed by atoms with Crippen LogP contribution in [-0.2, 0) is 9.53 Å². The van der Waals surface area contributed by atoms with Gasteiger partial charge in [-0.3, -0.25) is 10.2 Å². The van der Waals surface area contributed by atoms with Crippen LogP contribution in [0.4, 0.5) is 4.79 Å². The highest BCUT2D eigenvalue weighted by Crippen LogP contribution is 2.17. The van der Waals surface area contributed by atoms with E-state index in [2.05, 4.69) is 17.7 Å². The summed E-state index contributed by atoms with van der Waals surface area (Å²) >= 11 is 0. The monoisotopic (exact) mass is 301 g/mol. The van der Waals surface area contributed by atoms with Gasteiger partial charge in [0.05, 0.1) is 13.2 Å². The molecule has 122 valence electrons. The molecular formula is C14H27N3O4. The Hall–Kier alpha value is -1.34. The number of amides is 2. The number of carboxylic acids is 1. The molecule has 1 heterocycles. The molecule has 3 N–H and O–H groups in total. The average Bonchev–Trinajstić information content (AvgIpc) is 2.45. The Morgan fingerprint density at radius 1 is 1.24 bits per heavy atom. The number of aliphatic carboxylic acids is 1. The fourth-order valence-corrected chi connectivity index (χ4v) is 2.42. The van der Waals surface area contributed by atoms with Gasteiger partial charge in [-0.1, -0.05) is 19.8 Å². The number of morpholine rings is 1.